The molecule has 0 bridgehead atoms. The summed E-state index contributed by atoms with van der Waals surface area (Å²) in [5.74, 6) is 0. The van der Waals surface area contributed by atoms with E-state index < -0.39 is 0 Å². The predicted molar refractivity (Wildman–Crippen MR) is 74.7 cm³/mol. The van der Waals surface area contributed by atoms with Crippen LogP contribution in [-0.2, 0) is 6.54 Å². The minimum absolute atomic E-state index is 0.373. The average Bonchev–Trinajstić information content (AvgIpc) is 2.89. The lowest BCUT2D eigenvalue weighted by molar-refractivity contribution is 0.477. The van der Waals surface area contributed by atoms with E-state index >= 15 is 0 Å². The first-order chi connectivity index (χ1) is 8.79. The van der Waals surface area contributed by atoms with Gasteiger partial charge < -0.3 is 5.32 Å². The molecule has 18 heavy (non-hydrogen) atoms. The van der Waals surface area contributed by atoms with Crippen molar-refractivity contribution in [3.05, 3.63) is 53.3 Å². The summed E-state index contributed by atoms with van der Waals surface area (Å²) < 4.78 is 1.93. The Kier molecular flexibility index (Phi) is 4.79. The molecule has 0 saturated heterocycles. The number of nitrogens with one attached hydrogen (secondary N) is 1. The van der Waals surface area contributed by atoms with E-state index in [1.807, 2.05) is 29.1 Å². The highest BCUT2D eigenvalue weighted by Gasteiger charge is 2.07. The minimum Gasteiger partial charge on any atom is -0.308 e. The standard InChI is InChI=1S/C14H18ClN3/c1-2-14(12-4-6-13(15)7-5-12)16-9-11-18-10-3-8-17-18/h3-8,10,14,16H,2,9,11H2,1H3. The van der Waals surface area contributed by atoms with E-state index in [-0.39, 0.29) is 0 Å². The fourth-order valence-electron chi connectivity index (χ4n) is 1.98. The van der Waals surface area contributed by atoms with E-state index in [0.29, 0.717) is 6.04 Å². The highest BCUT2D eigenvalue weighted by atomic mass is 35.5. The van der Waals surface area contributed by atoms with Crippen molar-refractivity contribution in [3.63, 3.8) is 0 Å². The zero-order valence-electron chi connectivity index (χ0n) is 10.5. The second-order valence-corrected chi connectivity index (χ2v) is 4.67. The molecule has 0 fully saturated rings. The summed E-state index contributed by atoms with van der Waals surface area (Å²) in [4.78, 5) is 0. The molecule has 96 valence electrons. The van der Waals surface area contributed by atoms with Crippen molar-refractivity contribution in [1.82, 2.24) is 15.1 Å². The molecule has 1 atom stereocenters. The predicted octanol–water partition coefficient (Wildman–Crippen LogP) is 3.28. The van der Waals surface area contributed by atoms with Crippen LogP contribution in [0.2, 0.25) is 5.02 Å². The topological polar surface area (TPSA) is 29.9 Å². The number of halogens is 1. The van der Waals surface area contributed by atoms with Gasteiger partial charge in [0, 0.05) is 30.0 Å². The Morgan fingerprint density at radius 3 is 2.72 bits per heavy atom. The number of rotatable bonds is 6. The summed E-state index contributed by atoms with van der Waals surface area (Å²) in [5.41, 5.74) is 1.28. The summed E-state index contributed by atoms with van der Waals surface area (Å²) >= 11 is 5.90. The third kappa shape index (κ3) is 3.59. The van der Waals surface area contributed by atoms with E-state index in [1.165, 1.54) is 5.56 Å². The average molecular weight is 264 g/mol. The van der Waals surface area contributed by atoms with Crippen LogP contribution >= 0.6 is 11.6 Å². The Balaban J connectivity index is 1.87. The minimum atomic E-state index is 0.373. The van der Waals surface area contributed by atoms with Crippen LogP contribution in [0.5, 0.6) is 0 Å². The molecule has 2 aromatic rings. The van der Waals surface area contributed by atoms with Gasteiger partial charge in [-0.05, 0) is 30.2 Å². The van der Waals surface area contributed by atoms with Gasteiger partial charge in [-0.3, -0.25) is 4.68 Å². The maximum Gasteiger partial charge on any atom is 0.0534 e. The van der Waals surface area contributed by atoms with Crippen LogP contribution in [0.3, 0.4) is 0 Å². The van der Waals surface area contributed by atoms with Crippen molar-refractivity contribution in [2.24, 2.45) is 0 Å². The molecule has 1 unspecified atom stereocenters. The molecule has 2 rings (SSSR count). The number of aromatic nitrogens is 2. The molecule has 0 radical (unpaired) electrons. The second kappa shape index (κ2) is 6.57. The lowest BCUT2D eigenvalue weighted by Crippen LogP contribution is -2.25. The quantitative estimate of drug-likeness (QED) is 0.867. The van der Waals surface area contributed by atoms with Gasteiger partial charge in [0.2, 0.25) is 0 Å². The Bertz CT molecular complexity index is 450. The summed E-state index contributed by atoms with van der Waals surface area (Å²) in [6.07, 6.45) is 4.84. The number of hydrogen-bond donors (Lipinski definition) is 1. The molecule has 0 aliphatic rings. The summed E-state index contributed by atoms with van der Waals surface area (Å²) in [6.45, 7) is 3.97. The van der Waals surface area contributed by atoms with Crippen LogP contribution in [0.25, 0.3) is 0 Å². The van der Waals surface area contributed by atoms with Crippen molar-refractivity contribution >= 4 is 11.6 Å². The maximum absolute atomic E-state index is 5.90. The Morgan fingerprint density at radius 1 is 1.33 bits per heavy atom. The van der Waals surface area contributed by atoms with Gasteiger partial charge in [-0.2, -0.15) is 5.10 Å². The van der Waals surface area contributed by atoms with E-state index in [0.717, 1.165) is 24.5 Å². The first-order valence-electron chi connectivity index (χ1n) is 6.26. The molecule has 0 amide bonds. The van der Waals surface area contributed by atoms with Crippen LogP contribution in [-0.4, -0.2) is 16.3 Å². The molecular formula is C14H18ClN3. The van der Waals surface area contributed by atoms with Gasteiger partial charge in [0.15, 0.2) is 0 Å². The zero-order chi connectivity index (χ0) is 12.8. The number of hydrogen-bond acceptors (Lipinski definition) is 2. The van der Waals surface area contributed by atoms with Crippen LogP contribution < -0.4 is 5.32 Å². The lowest BCUT2D eigenvalue weighted by Gasteiger charge is -2.17. The highest BCUT2D eigenvalue weighted by molar-refractivity contribution is 6.30. The fraction of sp³-hybridized carbons (Fsp3) is 0.357. The van der Waals surface area contributed by atoms with Crippen LogP contribution in [0.1, 0.15) is 24.9 Å². The molecule has 1 aromatic heterocycles. The molecule has 0 spiro atoms. The first kappa shape index (κ1) is 13.1. The summed E-state index contributed by atoms with van der Waals surface area (Å²) in [7, 11) is 0. The number of benzene rings is 1. The third-order valence-electron chi connectivity index (χ3n) is 2.97. The zero-order valence-corrected chi connectivity index (χ0v) is 11.3. The van der Waals surface area contributed by atoms with Crippen molar-refractivity contribution in [2.45, 2.75) is 25.9 Å². The number of nitrogens with zero attached hydrogens (tertiary/aromatic N) is 2. The third-order valence-corrected chi connectivity index (χ3v) is 3.22. The van der Waals surface area contributed by atoms with Crippen LogP contribution in [0.4, 0.5) is 0 Å². The summed E-state index contributed by atoms with van der Waals surface area (Å²) in [5, 5.41) is 8.50. The fourth-order valence-corrected chi connectivity index (χ4v) is 2.11. The largest absolute Gasteiger partial charge is 0.308 e. The monoisotopic (exact) mass is 263 g/mol. The van der Waals surface area contributed by atoms with Gasteiger partial charge in [0.1, 0.15) is 0 Å². The van der Waals surface area contributed by atoms with Gasteiger partial charge in [0.05, 0.1) is 6.54 Å². The van der Waals surface area contributed by atoms with E-state index in [1.54, 1.807) is 6.20 Å². The normalized spacial score (nSPS) is 12.6. The highest BCUT2D eigenvalue weighted by Crippen LogP contribution is 2.18. The first-order valence-corrected chi connectivity index (χ1v) is 6.63. The van der Waals surface area contributed by atoms with Gasteiger partial charge in [0.25, 0.3) is 0 Å². The molecule has 3 nitrogen and oxygen atoms in total. The van der Waals surface area contributed by atoms with Gasteiger partial charge >= 0.3 is 0 Å². The molecular weight excluding hydrogens is 246 g/mol. The molecule has 4 heteroatoms. The Hall–Kier alpha value is -1.32. The molecule has 1 heterocycles. The summed E-state index contributed by atoms with van der Waals surface area (Å²) in [6, 6.07) is 10.4. The molecule has 1 N–H and O–H groups in total. The molecule has 0 aliphatic carbocycles. The van der Waals surface area contributed by atoms with E-state index in [4.69, 9.17) is 11.6 Å². The van der Waals surface area contributed by atoms with E-state index in [9.17, 15) is 0 Å². The van der Waals surface area contributed by atoms with E-state index in [2.05, 4.69) is 29.5 Å². The lowest BCUT2D eigenvalue weighted by atomic mass is 10.0. The van der Waals surface area contributed by atoms with Crippen molar-refractivity contribution in [2.75, 3.05) is 6.54 Å². The smallest absolute Gasteiger partial charge is 0.0534 e. The van der Waals surface area contributed by atoms with Crippen molar-refractivity contribution < 1.29 is 0 Å². The Morgan fingerprint density at radius 2 is 2.11 bits per heavy atom. The van der Waals surface area contributed by atoms with Crippen LogP contribution in [0.15, 0.2) is 42.7 Å². The van der Waals surface area contributed by atoms with Gasteiger partial charge in [-0.1, -0.05) is 30.7 Å². The SMILES string of the molecule is CCC(NCCn1cccn1)c1ccc(Cl)cc1. The molecule has 1 aromatic carbocycles. The van der Waals surface area contributed by atoms with Gasteiger partial charge in [-0.15, -0.1) is 0 Å². The van der Waals surface area contributed by atoms with Crippen LogP contribution in [0, 0.1) is 0 Å². The van der Waals surface area contributed by atoms with Crippen molar-refractivity contribution in [3.8, 4) is 0 Å². The maximum atomic E-state index is 5.90. The second-order valence-electron chi connectivity index (χ2n) is 4.24. The Labute approximate surface area is 113 Å². The van der Waals surface area contributed by atoms with Gasteiger partial charge in [-0.25, -0.2) is 0 Å². The van der Waals surface area contributed by atoms with Crippen molar-refractivity contribution in [1.29, 1.82) is 0 Å². The molecule has 0 aliphatic heterocycles. The molecule has 0 saturated carbocycles.